The Balaban J connectivity index is 1.56. The molecule has 0 bridgehead atoms. The lowest BCUT2D eigenvalue weighted by Crippen LogP contribution is -2.36. The second kappa shape index (κ2) is 10.8. The number of methoxy groups -OCH3 is 1. The van der Waals surface area contributed by atoms with Crippen molar-refractivity contribution in [3.05, 3.63) is 75.0 Å². The molecule has 9 heteroatoms. The standard InChI is InChI=1S/C26H23IN2O6/c1-3-34-22-13-17(12-21-25(31)29(26(32)28-21)14-23(30)33-2)11-20(27)24(22)35-15-16-8-9-18-6-4-5-7-19(18)10-16/h4-13H,3,14-15H2,1-2H3,(H,28,32)/b21-12+. The van der Waals surface area contributed by atoms with E-state index in [4.69, 9.17) is 9.47 Å². The van der Waals surface area contributed by atoms with E-state index in [9.17, 15) is 14.4 Å². The summed E-state index contributed by atoms with van der Waals surface area (Å²) in [5, 5.41) is 4.80. The molecule has 35 heavy (non-hydrogen) atoms. The van der Waals surface area contributed by atoms with Gasteiger partial charge in [-0.2, -0.15) is 0 Å². The molecule has 3 aromatic rings. The number of nitrogens with one attached hydrogen (secondary N) is 1. The molecule has 1 aliphatic rings. The van der Waals surface area contributed by atoms with Crippen LogP contribution in [0.15, 0.2) is 60.3 Å². The predicted octanol–water partition coefficient (Wildman–Crippen LogP) is 4.49. The molecule has 0 spiro atoms. The maximum absolute atomic E-state index is 12.6. The summed E-state index contributed by atoms with van der Waals surface area (Å²) >= 11 is 2.15. The van der Waals surface area contributed by atoms with Gasteiger partial charge in [0.2, 0.25) is 0 Å². The Labute approximate surface area is 216 Å². The van der Waals surface area contributed by atoms with E-state index in [0.717, 1.165) is 24.8 Å². The van der Waals surface area contributed by atoms with Crippen molar-refractivity contribution in [2.45, 2.75) is 13.5 Å². The van der Waals surface area contributed by atoms with Gasteiger partial charge in [-0.1, -0.05) is 36.4 Å². The third-order valence-corrected chi connectivity index (χ3v) is 6.12. The predicted molar refractivity (Wildman–Crippen MR) is 139 cm³/mol. The van der Waals surface area contributed by atoms with E-state index in [-0.39, 0.29) is 5.70 Å². The first-order valence-corrected chi connectivity index (χ1v) is 12.0. The van der Waals surface area contributed by atoms with E-state index in [1.54, 1.807) is 6.07 Å². The molecule has 0 atom stereocenters. The number of benzene rings is 3. The average molecular weight is 586 g/mol. The first-order valence-electron chi connectivity index (χ1n) is 10.9. The van der Waals surface area contributed by atoms with Crippen LogP contribution in [0.5, 0.6) is 11.5 Å². The third kappa shape index (κ3) is 5.56. The minimum absolute atomic E-state index is 0.0574. The van der Waals surface area contributed by atoms with Crippen molar-refractivity contribution in [3.8, 4) is 11.5 Å². The molecule has 1 heterocycles. The summed E-state index contributed by atoms with van der Waals surface area (Å²) in [5.74, 6) is -0.173. The zero-order chi connectivity index (χ0) is 24.9. The molecule has 3 aromatic carbocycles. The van der Waals surface area contributed by atoms with Gasteiger partial charge in [0.05, 0.1) is 17.3 Å². The van der Waals surface area contributed by atoms with Gasteiger partial charge in [-0.3, -0.25) is 9.59 Å². The molecule has 0 aliphatic carbocycles. The number of carbonyl (C=O) groups excluding carboxylic acids is 3. The Morgan fingerprint density at radius 1 is 1.06 bits per heavy atom. The van der Waals surface area contributed by atoms with Crippen molar-refractivity contribution in [2.75, 3.05) is 20.3 Å². The number of imide groups is 1. The smallest absolute Gasteiger partial charge is 0.329 e. The van der Waals surface area contributed by atoms with Crippen molar-refractivity contribution in [2.24, 2.45) is 0 Å². The van der Waals surface area contributed by atoms with Crippen LogP contribution in [0.2, 0.25) is 0 Å². The largest absolute Gasteiger partial charge is 0.490 e. The topological polar surface area (TPSA) is 94.2 Å². The number of carbonyl (C=O) groups is 3. The van der Waals surface area contributed by atoms with Crippen molar-refractivity contribution in [3.63, 3.8) is 0 Å². The van der Waals surface area contributed by atoms with Crippen LogP contribution in [0.3, 0.4) is 0 Å². The number of halogens is 1. The van der Waals surface area contributed by atoms with Gasteiger partial charge >= 0.3 is 12.0 Å². The van der Waals surface area contributed by atoms with E-state index in [1.807, 2.05) is 31.2 Å². The zero-order valence-electron chi connectivity index (χ0n) is 19.2. The van der Waals surface area contributed by atoms with Crippen LogP contribution in [-0.4, -0.2) is 43.1 Å². The molecular weight excluding hydrogens is 563 g/mol. The maximum atomic E-state index is 12.6. The Morgan fingerprint density at radius 2 is 1.83 bits per heavy atom. The number of rotatable bonds is 8. The Kier molecular flexibility index (Phi) is 7.54. The molecule has 3 amide bonds. The van der Waals surface area contributed by atoms with Gasteiger partial charge in [-0.25, -0.2) is 9.69 Å². The highest BCUT2D eigenvalue weighted by Gasteiger charge is 2.35. The molecule has 0 saturated carbocycles. The Morgan fingerprint density at radius 3 is 2.57 bits per heavy atom. The van der Waals surface area contributed by atoms with Crippen LogP contribution >= 0.6 is 22.6 Å². The lowest BCUT2D eigenvalue weighted by Gasteiger charge is -2.15. The second-order valence-corrected chi connectivity index (χ2v) is 8.85. The molecule has 1 fully saturated rings. The number of nitrogens with zero attached hydrogens (tertiary/aromatic N) is 1. The van der Waals surface area contributed by atoms with E-state index >= 15 is 0 Å². The Bertz CT molecular complexity index is 1340. The highest BCUT2D eigenvalue weighted by atomic mass is 127. The summed E-state index contributed by atoms with van der Waals surface area (Å²) in [6.07, 6.45) is 1.54. The quantitative estimate of drug-likeness (QED) is 0.181. The summed E-state index contributed by atoms with van der Waals surface area (Å²) in [5.41, 5.74) is 1.72. The number of esters is 1. The van der Waals surface area contributed by atoms with E-state index in [2.05, 4.69) is 56.9 Å². The molecule has 0 radical (unpaired) electrons. The fraction of sp³-hybridized carbons (Fsp3) is 0.192. The zero-order valence-corrected chi connectivity index (χ0v) is 21.3. The molecule has 8 nitrogen and oxygen atoms in total. The van der Waals surface area contributed by atoms with Crippen LogP contribution in [0.1, 0.15) is 18.1 Å². The van der Waals surface area contributed by atoms with Crippen LogP contribution in [0.25, 0.3) is 16.8 Å². The van der Waals surface area contributed by atoms with Gasteiger partial charge in [-0.05, 0) is 75.7 Å². The van der Waals surface area contributed by atoms with Gasteiger partial charge in [-0.15, -0.1) is 0 Å². The molecule has 4 rings (SSSR count). The lowest BCUT2D eigenvalue weighted by molar-refractivity contribution is -0.143. The van der Waals surface area contributed by atoms with Crippen molar-refractivity contribution in [1.29, 1.82) is 0 Å². The monoisotopic (exact) mass is 586 g/mol. The summed E-state index contributed by atoms with van der Waals surface area (Å²) in [7, 11) is 1.19. The first kappa shape index (κ1) is 24.5. The molecule has 0 unspecified atom stereocenters. The maximum Gasteiger partial charge on any atom is 0.329 e. The molecule has 0 aromatic heterocycles. The summed E-state index contributed by atoms with van der Waals surface area (Å²) < 4.78 is 17.3. The van der Waals surface area contributed by atoms with Crippen molar-refractivity contribution >= 4 is 57.3 Å². The average Bonchev–Trinajstić information content (AvgIpc) is 3.10. The van der Waals surface area contributed by atoms with Crippen molar-refractivity contribution in [1.82, 2.24) is 10.2 Å². The van der Waals surface area contributed by atoms with Gasteiger partial charge in [0.25, 0.3) is 5.91 Å². The fourth-order valence-corrected chi connectivity index (χ4v) is 4.41. The van der Waals surface area contributed by atoms with Gasteiger partial charge in [0.1, 0.15) is 18.8 Å². The number of amides is 3. The lowest BCUT2D eigenvalue weighted by atomic mass is 10.1. The van der Waals surface area contributed by atoms with Crippen LogP contribution in [0.4, 0.5) is 4.79 Å². The van der Waals surface area contributed by atoms with E-state index in [0.29, 0.717) is 30.3 Å². The molecular formula is C26H23IN2O6. The minimum Gasteiger partial charge on any atom is -0.490 e. The van der Waals surface area contributed by atoms with Crippen LogP contribution in [-0.2, 0) is 20.9 Å². The highest BCUT2D eigenvalue weighted by molar-refractivity contribution is 14.1. The number of urea groups is 1. The van der Waals surface area contributed by atoms with Gasteiger partial charge in [0.15, 0.2) is 11.5 Å². The van der Waals surface area contributed by atoms with Gasteiger partial charge < -0.3 is 19.5 Å². The molecule has 1 aliphatic heterocycles. The number of fused-ring (bicyclic) bond motifs is 1. The summed E-state index contributed by atoms with van der Waals surface area (Å²) in [6.45, 7) is 2.20. The van der Waals surface area contributed by atoms with E-state index < -0.39 is 24.5 Å². The number of hydrogen-bond donors (Lipinski definition) is 1. The minimum atomic E-state index is -0.684. The highest BCUT2D eigenvalue weighted by Crippen LogP contribution is 2.36. The fourth-order valence-electron chi connectivity index (χ4n) is 3.63. The Hall–Kier alpha value is -3.60. The molecule has 1 saturated heterocycles. The van der Waals surface area contributed by atoms with E-state index in [1.165, 1.54) is 13.2 Å². The molecule has 180 valence electrons. The third-order valence-electron chi connectivity index (χ3n) is 5.32. The SMILES string of the molecule is CCOc1cc(/C=C2/NC(=O)N(CC(=O)OC)C2=O)cc(I)c1OCc1ccc2ccccc2c1. The summed E-state index contributed by atoms with van der Waals surface area (Å²) in [4.78, 5) is 37.0. The normalized spacial score (nSPS) is 14.4. The number of ether oxygens (including phenoxy) is 3. The summed E-state index contributed by atoms with van der Waals surface area (Å²) in [6, 6.07) is 17.2. The first-order chi connectivity index (χ1) is 16.9. The molecule has 1 N–H and O–H groups in total. The number of hydrogen-bond acceptors (Lipinski definition) is 6. The van der Waals surface area contributed by atoms with Gasteiger partial charge in [0, 0.05) is 0 Å². The van der Waals surface area contributed by atoms with Crippen LogP contribution in [0, 0.1) is 3.57 Å². The second-order valence-electron chi connectivity index (χ2n) is 7.69. The van der Waals surface area contributed by atoms with Crippen molar-refractivity contribution < 1.29 is 28.6 Å². The van der Waals surface area contributed by atoms with Crippen LogP contribution < -0.4 is 14.8 Å².